The van der Waals surface area contributed by atoms with Crippen molar-refractivity contribution >= 4 is 29.0 Å². The third-order valence-electron chi connectivity index (χ3n) is 3.39. The normalized spacial score (nSPS) is 20.9. The Morgan fingerprint density at radius 2 is 2.06 bits per heavy atom. The van der Waals surface area contributed by atoms with E-state index >= 15 is 0 Å². The first kappa shape index (κ1) is 14.2. The Morgan fingerprint density at radius 1 is 1.44 bits per heavy atom. The molecule has 1 rings (SSSR count). The van der Waals surface area contributed by atoms with Gasteiger partial charge in [-0.25, -0.2) is 0 Å². The Morgan fingerprint density at radius 3 is 2.50 bits per heavy atom. The third kappa shape index (κ3) is 3.58. The lowest BCUT2D eigenvalue weighted by Crippen LogP contribution is -2.49. The summed E-state index contributed by atoms with van der Waals surface area (Å²) < 4.78 is 0.0306. The van der Waals surface area contributed by atoms with Crippen LogP contribution >= 0.6 is 24.0 Å². The van der Waals surface area contributed by atoms with Crippen molar-refractivity contribution in [1.82, 2.24) is 4.90 Å². The second-order valence-electron chi connectivity index (χ2n) is 4.34. The van der Waals surface area contributed by atoms with Gasteiger partial charge in [0.1, 0.15) is 0 Å². The molecule has 0 radical (unpaired) electrons. The Balaban J connectivity index is 2.35. The molecule has 0 amide bonds. The summed E-state index contributed by atoms with van der Waals surface area (Å²) >= 11 is 6.98. The number of thioether (sulfide) groups is 1. The molecule has 1 heterocycles. The topological polar surface area (TPSA) is 49.5 Å². The predicted molar refractivity (Wildman–Crippen MR) is 75.0 cm³/mol. The van der Waals surface area contributed by atoms with Crippen LogP contribution in [0.3, 0.4) is 0 Å². The summed E-state index contributed by atoms with van der Waals surface area (Å²) in [6.45, 7) is 3.53. The molecule has 94 valence electrons. The quantitative estimate of drug-likeness (QED) is 0.557. The molecule has 0 aromatic rings. The van der Waals surface area contributed by atoms with E-state index in [-0.39, 0.29) is 4.75 Å². The van der Waals surface area contributed by atoms with Crippen LogP contribution in [0, 0.1) is 0 Å². The third-order valence-corrected chi connectivity index (χ3v) is 5.32. The average Bonchev–Trinajstić information content (AvgIpc) is 2.30. The molecule has 0 spiro atoms. The van der Waals surface area contributed by atoms with Crippen LogP contribution in [0.5, 0.6) is 0 Å². The van der Waals surface area contributed by atoms with Crippen molar-refractivity contribution in [2.45, 2.75) is 30.4 Å². The maximum Gasteiger partial charge on any atom is 0.0891 e. The van der Waals surface area contributed by atoms with Crippen LogP contribution in [0.2, 0.25) is 0 Å². The summed E-state index contributed by atoms with van der Waals surface area (Å²) in [5.74, 6) is 0. The van der Waals surface area contributed by atoms with Crippen molar-refractivity contribution in [2.75, 3.05) is 32.5 Å². The zero-order valence-corrected chi connectivity index (χ0v) is 11.6. The Labute approximate surface area is 108 Å². The molecule has 0 aliphatic carbocycles. The summed E-state index contributed by atoms with van der Waals surface area (Å²) in [6.07, 6.45) is 6.20. The van der Waals surface area contributed by atoms with Crippen LogP contribution < -0.4 is 5.73 Å². The standard InChI is InChI=1S/C11H22N2OS2/c1-16-11(10(12)15)4-7-13(8-5-11)6-2-3-9-14/h14H,2-9H2,1H3,(H2,12,15). The van der Waals surface area contributed by atoms with Crippen molar-refractivity contribution in [2.24, 2.45) is 5.73 Å². The second-order valence-corrected chi connectivity index (χ2v) is 5.96. The number of hydrogen-bond donors (Lipinski definition) is 2. The van der Waals surface area contributed by atoms with Gasteiger partial charge in [-0.3, -0.25) is 0 Å². The fraction of sp³-hybridized carbons (Fsp3) is 0.909. The molecule has 0 aromatic heterocycles. The molecule has 1 saturated heterocycles. The van der Waals surface area contributed by atoms with E-state index in [4.69, 9.17) is 23.1 Å². The van der Waals surface area contributed by atoms with E-state index in [1.807, 2.05) is 0 Å². The highest BCUT2D eigenvalue weighted by atomic mass is 32.2. The summed E-state index contributed by atoms with van der Waals surface area (Å²) in [6, 6.07) is 0. The molecule has 16 heavy (non-hydrogen) atoms. The lowest BCUT2D eigenvalue weighted by molar-refractivity contribution is 0.206. The van der Waals surface area contributed by atoms with E-state index in [2.05, 4.69) is 11.2 Å². The maximum absolute atomic E-state index is 8.73. The highest BCUT2D eigenvalue weighted by molar-refractivity contribution is 8.01. The number of aliphatic hydroxyl groups excluding tert-OH is 1. The SMILES string of the molecule is CSC1(C(N)=S)CCN(CCCCO)CC1. The molecule has 5 heteroatoms. The first-order valence-electron chi connectivity index (χ1n) is 5.83. The lowest BCUT2D eigenvalue weighted by Gasteiger charge is -2.40. The number of hydrogen-bond acceptors (Lipinski definition) is 4. The van der Waals surface area contributed by atoms with Gasteiger partial charge in [-0.05, 0) is 51.6 Å². The van der Waals surface area contributed by atoms with E-state index in [9.17, 15) is 0 Å². The number of unbranched alkanes of at least 4 members (excludes halogenated alkanes) is 1. The molecule has 0 atom stereocenters. The molecule has 0 saturated carbocycles. The lowest BCUT2D eigenvalue weighted by atomic mass is 9.95. The van der Waals surface area contributed by atoms with Gasteiger partial charge in [0.05, 0.1) is 9.74 Å². The number of rotatable bonds is 6. The van der Waals surface area contributed by atoms with Crippen molar-refractivity contribution in [3.63, 3.8) is 0 Å². The van der Waals surface area contributed by atoms with Crippen LogP contribution in [-0.2, 0) is 0 Å². The van der Waals surface area contributed by atoms with Gasteiger partial charge in [0.15, 0.2) is 0 Å². The summed E-state index contributed by atoms with van der Waals surface area (Å²) in [5.41, 5.74) is 5.84. The van der Waals surface area contributed by atoms with Crippen LogP contribution in [0.15, 0.2) is 0 Å². The van der Waals surface area contributed by atoms with Gasteiger partial charge in [0, 0.05) is 6.61 Å². The molecule has 1 aliphatic heterocycles. The molecule has 0 aromatic carbocycles. The summed E-state index contributed by atoms with van der Waals surface area (Å²) in [4.78, 5) is 3.11. The van der Waals surface area contributed by atoms with Crippen LogP contribution in [0.4, 0.5) is 0 Å². The van der Waals surface area contributed by atoms with Crippen molar-refractivity contribution in [3.8, 4) is 0 Å². The molecule has 3 nitrogen and oxygen atoms in total. The van der Waals surface area contributed by atoms with Crippen molar-refractivity contribution in [3.05, 3.63) is 0 Å². The number of nitrogens with two attached hydrogens (primary N) is 1. The monoisotopic (exact) mass is 262 g/mol. The Kier molecular flexibility index (Phi) is 6.03. The zero-order chi connectivity index (χ0) is 12.0. The highest BCUT2D eigenvalue weighted by Crippen LogP contribution is 2.34. The second kappa shape index (κ2) is 6.79. The predicted octanol–water partition coefficient (Wildman–Crippen LogP) is 1.24. The van der Waals surface area contributed by atoms with Gasteiger partial charge in [-0.15, -0.1) is 0 Å². The van der Waals surface area contributed by atoms with Crippen LogP contribution in [0.25, 0.3) is 0 Å². The van der Waals surface area contributed by atoms with E-state index in [0.717, 1.165) is 45.3 Å². The molecule has 1 aliphatic rings. The number of aliphatic hydroxyl groups is 1. The Hall–Kier alpha value is 0.160. The molecular formula is C11H22N2OS2. The van der Waals surface area contributed by atoms with Crippen LogP contribution in [-0.4, -0.2) is 52.2 Å². The minimum atomic E-state index is 0.0306. The minimum Gasteiger partial charge on any atom is -0.396 e. The fourth-order valence-corrected chi connectivity index (χ4v) is 3.38. The van der Waals surface area contributed by atoms with Gasteiger partial charge in [-0.2, -0.15) is 11.8 Å². The number of likely N-dealkylation sites (tertiary alicyclic amines) is 1. The molecule has 0 unspecified atom stereocenters. The largest absolute Gasteiger partial charge is 0.396 e. The molecular weight excluding hydrogens is 240 g/mol. The molecule has 1 fully saturated rings. The van der Waals surface area contributed by atoms with Gasteiger partial charge in [0.25, 0.3) is 0 Å². The van der Waals surface area contributed by atoms with Crippen LogP contribution in [0.1, 0.15) is 25.7 Å². The van der Waals surface area contributed by atoms with E-state index in [1.54, 1.807) is 11.8 Å². The highest BCUT2D eigenvalue weighted by Gasteiger charge is 2.36. The summed E-state index contributed by atoms with van der Waals surface area (Å²) in [7, 11) is 0. The van der Waals surface area contributed by atoms with Crippen molar-refractivity contribution < 1.29 is 5.11 Å². The summed E-state index contributed by atoms with van der Waals surface area (Å²) in [5, 5.41) is 8.73. The first-order valence-corrected chi connectivity index (χ1v) is 7.46. The van der Waals surface area contributed by atoms with Gasteiger partial charge >= 0.3 is 0 Å². The Bertz CT molecular complexity index is 228. The zero-order valence-electron chi connectivity index (χ0n) is 9.95. The first-order chi connectivity index (χ1) is 7.64. The number of piperidine rings is 1. The van der Waals surface area contributed by atoms with Crippen molar-refractivity contribution in [1.29, 1.82) is 0 Å². The molecule has 0 bridgehead atoms. The smallest absolute Gasteiger partial charge is 0.0891 e. The van der Waals surface area contributed by atoms with E-state index in [1.165, 1.54) is 0 Å². The molecule has 3 N–H and O–H groups in total. The number of nitrogens with zero attached hydrogens (tertiary/aromatic N) is 1. The van der Waals surface area contributed by atoms with E-state index in [0.29, 0.717) is 11.6 Å². The van der Waals surface area contributed by atoms with E-state index < -0.39 is 0 Å². The minimum absolute atomic E-state index is 0.0306. The maximum atomic E-state index is 8.73. The number of thiocarbonyl (C=S) groups is 1. The van der Waals surface area contributed by atoms with Gasteiger partial charge in [0.2, 0.25) is 0 Å². The fourth-order valence-electron chi connectivity index (χ4n) is 2.14. The van der Waals surface area contributed by atoms with Gasteiger partial charge in [-0.1, -0.05) is 12.2 Å². The average molecular weight is 262 g/mol. The van der Waals surface area contributed by atoms with Gasteiger partial charge < -0.3 is 15.7 Å².